The second kappa shape index (κ2) is 5.60. The van der Waals surface area contributed by atoms with Gasteiger partial charge in [-0.2, -0.15) is 0 Å². The summed E-state index contributed by atoms with van der Waals surface area (Å²) < 4.78 is 0. The fraction of sp³-hybridized carbons (Fsp3) is 0.933. The molecule has 0 aromatic rings. The van der Waals surface area contributed by atoms with Crippen LogP contribution in [-0.4, -0.2) is 16.6 Å². The molecule has 0 radical (unpaired) electrons. The van der Waals surface area contributed by atoms with Crippen molar-refractivity contribution in [2.24, 2.45) is 23.0 Å². The van der Waals surface area contributed by atoms with Gasteiger partial charge in [0.15, 0.2) is 0 Å². The molecule has 1 aliphatic rings. The molecule has 3 nitrogen and oxygen atoms in total. The number of carboxylic acids is 1. The van der Waals surface area contributed by atoms with Crippen LogP contribution in [0, 0.1) is 17.3 Å². The van der Waals surface area contributed by atoms with Gasteiger partial charge in [0.05, 0.1) is 6.42 Å². The number of carboxylic acid groups (broad SMARTS) is 1. The molecule has 1 saturated carbocycles. The van der Waals surface area contributed by atoms with E-state index in [2.05, 4.69) is 13.8 Å². The van der Waals surface area contributed by atoms with Crippen molar-refractivity contribution in [3.63, 3.8) is 0 Å². The van der Waals surface area contributed by atoms with Crippen LogP contribution < -0.4 is 5.73 Å². The Bertz CT molecular complexity index is 293. The van der Waals surface area contributed by atoms with E-state index in [-0.39, 0.29) is 11.8 Å². The van der Waals surface area contributed by atoms with Crippen molar-refractivity contribution >= 4 is 5.97 Å². The minimum Gasteiger partial charge on any atom is -0.481 e. The quantitative estimate of drug-likeness (QED) is 0.757. The third kappa shape index (κ3) is 3.47. The largest absolute Gasteiger partial charge is 0.481 e. The van der Waals surface area contributed by atoms with Gasteiger partial charge < -0.3 is 10.8 Å². The van der Waals surface area contributed by atoms with Crippen LogP contribution in [0.1, 0.15) is 66.2 Å². The summed E-state index contributed by atoms with van der Waals surface area (Å²) in [5.74, 6) is 0.700. The molecule has 0 spiro atoms. The third-order valence-corrected chi connectivity index (χ3v) is 5.02. The molecule has 3 N–H and O–H groups in total. The lowest BCUT2D eigenvalue weighted by molar-refractivity contribution is -0.141. The molecule has 0 aromatic heterocycles. The highest BCUT2D eigenvalue weighted by molar-refractivity contribution is 5.68. The van der Waals surface area contributed by atoms with E-state index in [1.54, 1.807) is 0 Å². The molecule has 0 bridgehead atoms. The summed E-state index contributed by atoms with van der Waals surface area (Å²) in [6.07, 6.45) is 5.55. The maximum atomic E-state index is 11.2. The van der Waals surface area contributed by atoms with Crippen LogP contribution in [0.5, 0.6) is 0 Å². The predicted molar refractivity (Wildman–Crippen MR) is 74.4 cm³/mol. The van der Waals surface area contributed by atoms with E-state index in [0.717, 1.165) is 31.6 Å². The van der Waals surface area contributed by atoms with Crippen LogP contribution in [0.25, 0.3) is 0 Å². The van der Waals surface area contributed by atoms with Crippen molar-refractivity contribution in [3.05, 3.63) is 0 Å². The van der Waals surface area contributed by atoms with Gasteiger partial charge in [0.25, 0.3) is 0 Å². The van der Waals surface area contributed by atoms with Crippen molar-refractivity contribution < 1.29 is 9.90 Å². The molecule has 18 heavy (non-hydrogen) atoms. The first kappa shape index (κ1) is 15.5. The standard InChI is InChI=1S/C15H29NO2/c1-11(2)12-6-5-8-15(9-7-12,10-13(17)18)14(3,4)16/h11-12H,5-10,16H2,1-4H3,(H,17,18). The molecular weight excluding hydrogens is 226 g/mol. The van der Waals surface area contributed by atoms with Gasteiger partial charge in [0.1, 0.15) is 0 Å². The van der Waals surface area contributed by atoms with E-state index in [1.807, 2.05) is 13.8 Å². The Balaban J connectivity index is 2.89. The zero-order chi connectivity index (χ0) is 14.0. The first-order chi connectivity index (χ1) is 8.18. The van der Waals surface area contributed by atoms with Gasteiger partial charge in [-0.15, -0.1) is 0 Å². The Morgan fingerprint density at radius 3 is 2.44 bits per heavy atom. The molecule has 1 aliphatic carbocycles. The van der Waals surface area contributed by atoms with Gasteiger partial charge in [0, 0.05) is 5.54 Å². The Hall–Kier alpha value is -0.570. The molecular formula is C15H29NO2. The average molecular weight is 255 g/mol. The van der Waals surface area contributed by atoms with E-state index in [0.29, 0.717) is 5.92 Å². The average Bonchev–Trinajstić information content (AvgIpc) is 2.39. The van der Waals surface area contributed by atoms with Crippen LogP contribution in [0.2, 0.25) is 0 Å². The highest BCUT2D eigenvalue weighted by Gasteiger charge is 2.45. The minimum absolute atomic E-state index is 0.210. The Labute approximate surface area is 111 Å². The fourth-order valence-corrected chi connectivity index (χ4v) is 3.44. The maximum Gasteiger partial charge on any atom is 0.303 e. The normalized spacial score (nSPS) is 30.2. The lowest BCUT2D eigenvalue weighted by Gasteiger charge is -2.43. The highest BCUT2D eigenvalue weighted by atomic mass is 16.4. The van der Waals surface area contributed by atoms with Crippen LogP contribution in [0.4, 0.5) is 0 Å². The first-order valence-electron chi connectivity index (χ1n) is 7.19. The Morgan fingerprint density at radius 2 is 2.00 bits per heavy atom. The summed E-state index contributed by atoms with van der Waals surface area (Å²) in [5.41, 5.74) is 5.67. The number of hydrogen-bond donors (Lipinski definition) is 2. The summed E-state index contributed by atoms with van der Waals surface area (Å²) in [4.78, 5) is 11.2. The Morgan fingerprint density at radius 1 is 1.39 bits per heavy atom. The number of carbonyl (C=O) groups is 1. The van der Waals surface area contributed by atoms with Gasteiger partial charge in [-0.05, 0) is 50.4 Å². The van der Waals surface area contributed by atoms with Crippen molar-refractivity contribution in [3.8, 4) is 0 Å². The second-order valence-electron chi connectivity index (χ2n) is 7.01. The van der Waals surface area contributed by atoms with E-state index < -0.39 is 11.5 Å². The lowest BCUT2D eigenvalue weighted by atomic mass is 9.64. The van der Waals surface area contributed by atoms with E-state index in [9.17, 15) is 9.90 Å². The van der Waals surface area contributed by atoms with Crippen LogP contribution in [0.3, 0.4) is 0 Å². The van der Waals surface area contributed by atoms with Gasteiger partial charge in [-0.3, -0.25) is 4.79 Å². The zero-order valence-electron chi connectivity index (χ0n) is 12.3. The minimum atomic E-state index is -0.712. The molecule has 0 saturated heterocycles. The molecule has 106 valence electrons. The summed E-state index contributed by atoms with van der Waals surface area (Å²) >= 11 is 0. The SMILES string of the molecule is CC(C)C1CCCC(CC(=O)O)(C(C)(C)N)CC1. The zero-order valence-corrected chi connectivity index (χ0v) is 12.3. The summed E-state index contributed by atoms with van der Waals surface area (Å²) in [5, 5.41) is 9.21. The number of aliphatic carboxylic acids is 1. The summed E-state index contributed by atoms with van der Waals surface area (Å²) in [6.45, 7) is 8.52. The molecule has 0 amide bonds. The highest BCUT2D eigenvalue weighted by Crippen LogP contribution is 2.47. The second-order valence-corrected chi connectivity index (χ2v) is 7.01. The van der Waals surface area contributed by atoms with Crippen LogP contribution in [-0.2, 0) is 4.79 Å². The topological polar surface area (TPSA) is 63.3 Å². The maximum absolute atomic E-state index is 11.2. The van der Waals surface area contributed by atoms with E-state index in [4.69, 9.17) is 5.73 Å². The van der Waals surface area contributed by atoms with Crippen LogP contribution in [0.15, 0.2) is 0 Å². The van der Waals surface area contributed by atoms with Gasteiger partial charge >= 0.3 is 5.97 Å². The predicted octanol–water partition coefficient (Wildman–Crippen LogP) is 3.42. The van der Waals surface area contributed by atoms with Crippen molar-refractivity contribution in [1.29, 1.82) is 0 Å². The molecule has 3 heteroatoms. The molecule has 0 heterocycles. The monoisotopic (exact) mass is 255 g/mol. The van der Waals surface area contributed by atoms with Crippen molar-refractivity contribution in [2.75, 3.05) is 0 Å². The molecule has 1 rings (SSSR count). The number of hydrogen-bond acceptors (Lipinski definition) is 2. The smallest absolute Gasteiger partial charge is 0.303 e. The first-order valence-corrected chi connectivity index (χ1v) is 7.19. The molecule has 1 fully saturated rings. The lowest BCUT2D eigenvalue weighted by Crippen LogP contribution is -2.51. The van der Waals surface area contributed by atoms with Crippen molar-refractivity contribution in [2.45, 2.75) is 71.8 Å². The molecule has 2 atom stereocenters. The summed E-state index contributed by atoms with van der Waals surface area (Å²) in [6, 6.07) is 0. The number of rotatable bonds is 4. The fourth-order valence-electron chi connectivity index (χ4n) is 3.44. The van der Waals surface area contributed by atoms with E-state index >= 15 is 0 Å². The summed E-state index contributed by atoms with van der Waals surface area (Å²) in [7, 11) is 0. The Kier molecular flexibility index (Phi) is 4.82. The molecule has 0 aromatic carbocycles. The van der Waals surface area contributed by atoms with Gasteiger partial charge in [0.2, 0.25) is 0 Å². The molecule has 2 unspecified atom stereocenters. The number of nitrogens with two attached hydrogens (primary N) is 1. The third-order valence-electron chi connectivity index (χ3n) is 5.02. The van der Waals surface area contributed by atoms with Gasteiger partial charge in [-0.25, -0.2) is 0 Å². The van der Waals surface area contributed by atoms with Crippen molar-refractivity contribution in [1.82, 2.24) is 0 Å². The van der Waals surface area contributed by atoms with E-state index in [1.165, 1.54) is 6.42 Å². The van der Waals surface area contributed by atoms with Crippen LogP contribution >= 0.6 is 0 Å². The van der Waals surface area contributed by atoms with Gasteiger partial charge in [-0.1, -0.05) is 26.7 Å². The molecule has 0 aliphatic heterocycles.